The van der Waals surface area contributed by atoms with Crippen LogP contribution in [0.1, 0.15) is 68.5 Å². The third-order valence-electron chi connectivity index (χ3n) is 4.54. The molecule has 0 amide bonds. The van der Waals surface area contributed by atoms with Gasteiger partial charge in [0.15, 0.2) is 0 Å². The molecule has 0 aromatic carbocycles. The molecule has 1 nitrogen and oxygen atoms in total. The number of aryl methyl sites for hydroxylation is 1. The van der Waals surface area contributed by atoms with E-state index in [2.05, 4.69) is 26.0 Å². The van der Waals surface area contributed by atoms with Crippen LogP contribution in [0.2, 0.25) is 0 Å². The first kappa shape index (κ1) is 15.1. The molecule has 1 heterocycles. The zero-order valence-electron chi connectivity index (χ0n) is 12.5. The quantitative estimate of drug-likeness (QED) is 0.755. The molecule has 1 N–H and O–H groups in total. The lowest BCUT2D eigenvalue weighted by Gasteiger charge is -2.26. The average Bonchev–Trinajstić information content (AvgIpc) is 2.75. The Balaban J connectivity index is 1.94. The van der Waals surface area contributed by atoms with Crippen LogP contribution in [0.4, 0.5) is 0 Å². The molecule has 1 aliphatic rings. The lowest BCUT2D eigenvalue weighted by molar-refractivity contribution is 0.0248. The normalized spacial score (nSPS) is 28.3. The van der Waals surface area contributed by atoms with E-state index in [0.29, 0.717) is 0 Å². The zero-order chi connectivity index (χ0) is 13.7. The summed E-state index contributed by atoms with van der Waals surface area (Å²) in [7, 11) is 0. The first-order valence-corrected chi connectivity index (χ1v) is 8.77. The molecule has 2 rings (SSSR count). The van der Waals surface area contributed by atoms with Crippen molar-refractivity contribution in [1.29, 1.82) is 0 Å². The van der Waals surface area contributed by atoms with Crippen LogP contribution in [0.5, 0.6) is 0 Å². The van der Waals surface area contributed by atoms with Gasteiger partial charge in [-0.3, -0.25) is 0 Å². The maximum atomic E-state index is 10.9. The Hall–Kier alpha value is -0.340. The van der Waals surface area contributed by atoms with E-state index >= 15 is 0 Å². The molecule has 0 bridgehead atoms. The van der Waals surface area contributed by atoms with Crippen molar-refractivity contribution in [3.8, 4) is 0 Å². The van der Waals surface area contributed by atoms with Gasteiger partial charge in [0.25, 0.3) is 0 Å². The summed E-state index contributed by atoms with van der Waals surface area (Å²) in [6.07, 6.45) is 10.3. The van der Waals surface area contributed by atoms with Gasteiger partial charge in [-0.15, -0.1) is 11.3 Å². The van der Waals surface area contributed by atoms with E-state index in [4.69, 9.17) is 0 Å². The monoisotopic (exact) mass is 280 g/mol. The highest BCUT2D eigenvalue weighted by Crippen LogP contribution is 2.35. The lowest BCUT2D eigenvalue weighted by Crippen LogP contribution is -2.30. The van der Waals surface area contributed by atoms with E-state index in [1.807, 2.05) is 11.3 Å². The molecular weight excluding hydrogens is 252 g/mol. The van der Waals surface area contributed by atoms with Gasteiger partial charge >= 0.3 is 0 Å². The maximum absolute atomic E-state index is 10.9. The summed E-state index contributed by atoms with van der Waals surface area (Å²) in [5, 5.41) is 10.9. The van der Waals surface area contributed by atoms with E-state index in [1.54, 1.807) is 0 Å². The predicted octanol–water partition coefficient (Wildman–Crippen LogP) is 4.96. The Morgan fingerprint density at radius 3 is 2.68 bits per heavy atom. The minimum absolute atomic E-state index is 0.432. The molecule has 1 fully saturated rings. The van der Waals surface area contributed by atoms with Crippen molar-refractivity contribution in [1.82, 2.24) is 0 Å². The summed E-state index contributed by atoms with van der Waals surface area (Å²) in [5.41, 5.74) is -0.432. The van der Waals surface area contributed by atoms with Crippen molar-refractivity contribution < 1.29 is 5.11 Å². The van der Waals surface area contributed by atoms with Crippen LogP contribution in [-0.4, -0.2) is 10.7 Å². The summed E-state index contributed by atoms with van der Waals surface area (Å²) >= 11 is 1.88. The topological polar surface area (TPSA) is 20.2 Å². The number of aliphatic hydroxyl groups is 1. The second kappa shape index (κ2) is 6.90. The highest BCUT2D eigenvalue weighted by molar-refractivity contribution is 7.12. The number of rotatable bonds is 5. The molecule has 19 heavy (non-hydrogen) atoms. The molecule has 2 atom stereocenters. The number of thiophene rings is 1. The van der Waals surface area contributed by atoms with Crippen LogP contribution in [0, 0.1) is 5.92 Å². The fourth-order valence-electron chi connectivity index (χ4n) is 3.37. The SMILES string of the molecule is CCCC1CCCC(O)(Cc2ccc(CC)s2)CC1. The second-order valence-electron chi connectivity index (χ2n) is 6.21. The molecule has 1 aliphatic carbocycles. The highest BCUT2D eigenvalue weighted by Gasteiger charge is 2.31. The van der Waals surface area contributed by atoms with Crippen LogP contribution >= 0.6 is 11.3 Å². The van der Waals surface area contributed by atoms with Crippen molar-refractivity contribution in [2.24, 2.45) is 5.92 Å². The first-order valence-electron chi connectivity index (χ1n) is 7.95. The smallest absolute Gasteiger partial charge is 0.0696 e. The number of hydrogen-bond acceptors (Lipinski definition) is 2. The van der Waals surface area contributed by atoms with Crippen molar-refractivity contribution in [3.63, 3.8) is 0 Å². The molecule has 1 saturated carbocycles. The Labute approximate surface area is 122 Å². The van der Waals surface area contributed by atoms with Crippen LogP contribution in [0.25, 0.3) is 0 Å². The highest BCUT2D eigenvalue weighted by atomic mass is 32.1. The Morgan fingerprint density at radius 2 is 2.00 bits per heavy atom. The fourth-order valence-corrected chi connectivity index (χ4v) is 4.46. The minimum atomic E-state index is -0.432. The van der Waals surface area contributed by atoms with E-state index in [9.17, 15) is 5.11 Å². The van der Waals surface area contributed by atoms with Gasteiger partial charge in [0.2, 0.25) is 0 Å². The molecule has 2 heteroatoms. The van der Waals surface area contributed by atoms with E-state index < -0.39 is 5.60 Å². The molecule has 1 aromatic heterocycles. The third-order valence-corrected chi connectivity index (χ3v) is 5.77. The minimum Gasteiger partial charge on any atom is -0.390 e. The lowest BCUT2D eigenvalue weighted by atomic mass is 9.89. The van der Waals surface area contributed by atoms with Crippen molar-refractivity contribution in [2.75, 3.05) is 0 Å². The van der Waals surface area contributed by atoms with E-state index in [0.717, 1.165) is 31.6 Å². The van der Waals surface area contributed by atoms with Crippen LogP contribution in [-0.2, 0) is 12.8 Å². The average molecular weight is 280 g/mol. The van der Waals surface area contributed by atoms with Gasteiger partial charge < -0.3 is 5.11 Å². The molecule has 0 spiro atoms. The van der Waals surface area contributed by atoms with Crippen molar-refractivity contribution in [3.05, 3.63) is 21.9 Å². The maximum Gasteiger partial charge on any atom is 0.0696 e. The number of hydrogen-bond donors (Lipinski definition) is 1. The zero-order valence-corrected chi connectivity index (χ0v) is 13.3. The van der Waals surface area contributed by atoms with Gasteiger partial charge in [0, 0.05) is 16.2 Å². The van der Waals surface area contributed by atoms with Gasteiger partial charge in [0.05, 0.1) is 5.60 Å². The molecule has 0 saturated heterocycles. The van der Waals surface area contributed by atoms with Crippen LogP contribution < -0.4 is 0 Å². The molecule has 2 unspecified atom stereocenters. The van der Waals surface area contributed by atoms with Crippen LogP contribution in [0.15, 0.2) is 12.1 Å². The summed E-state index contributed by atoms with van der Waals surface area (Å²) in [6, 6.07) is 4.44. The van der Waals surface area contributed by atoms with Crippen molar-refractivity contribution in [2.45, 2.75) is 77.2 Å². The first-order chi connectivity index (χ1) is 9.15. The molecule has 0 aliphatic heterocycles. The Kier molecular flexibility index (Phi) is 5.47. The summed E-state index contributed by atoms with van der Waals surface area (Å²) in [5.74, 6) is 0.855. The predicted molar refractivity (Wildman–Crippen MR) is 83.8 cm³/mol. The fraction of sp³-hybridized carbons (Fsp3) is 0.765. The van der Waals surface area contributed by atoms with Crippen LogP contribution in [0.3, 0.4) is 0 Å². The van der Waals surface area contributed by atoms with E-state index in [-0.39, 0.29) is 0 Å². The van der Waals surface area contributed by atoms with Gasteiger partial charge in [0.1, 0.15) is 0 Å². The summed E-state index contributed by atoms with van der Waals surface area (Å²) < 4.78 is 0. The van der Waals surface area contributed by atoms with Gasteiger partial charge in [-0.2, -0.15) is 0 Å². The standard InChI is InChI=1S/C17H28OS/c1-3-6-14-7-5-11-17(18,12-10-14)13-16-9-8-15(4-2)19-16/h8-9,14,18H,3-7,10-13H2,1-2H3. The van der Waals surface area contributed by atoms with Gasteiger partial charge in [-0.25, -0.2) is 0 Å². The van der Waals surface area contributed by atoms with Gasteiger partial charge in [-0.1, -0.05) is 39.5 Å². The van der Waals surface area contributed by atoms with Gasteiger partial charge in [-0.05, 0) is 43.7 Å². The Bertz CT molecular complexity index is 384. The summed E-state index contributed by atoms with van der Waals surface area (Å²) in [6.45, 7) is 4.47. The van der Waals surface area contributed by atoms with E-state index in [1.165, 1.54) is 41.9 Å². The van der Waals surface area contributed by atoms with Crippen molar-refractivity contribution >= 4 is 11.3 Å². The Morgan fingerprint density at radius 1 is 1.21 bits per heavy atom. The molecule has 1 aromatic rings. The molecule has 108 valence electrons. The largest absolute Gasteiger partial charge is 0.390 e. The second-order valence-corrected chi connectivity index (χ2v) is 7.46. The molecular formula is C17H28OS. The third kappa shape index (κ3) is 4.32. The molecule has 0 radical (unpaired) electrons. The summed E-state index contributed by atoms with van der Waals surface area (Å²) in [4.78, 5) is 2.81.